The lowest BCUT2D eigenvalue weighted by Gasteiger charge is -2.09. The van der Waals surface area contributed by atoms with Crippen molar-refractivity contribution in [1.29, 1.82) is 0 Å². The van der Waals surface area contributed by atoms with Crippen LogP contribution in [0.4, 0.5) is 0 Å². The van der Waals surface area contributed by atoms with Gasteiger partial charge in [-0.25, -0.2) is 4.98 Å². The zero-order valence-electron chi connectivity index (χ0n) is 10.4. The van der Waals surface area contributed by atoms with E-state index in [1.165, 1.54) is 0 Å². The van der Waals surface area contributed by atoms with Gasteiger partial charge >= 0.3 is 0 Å². The summed E-state index contributed by atoms with van der Waals surface area (Å²) in [4.78, 5) is 21.3. The Balaban J connectivity index is 2.47. The molecule has 1 heterocycles. The van der Waals surface area contributed by atoms with Gasteiger partial charge in [0.15, 0.2) is 0 Å². The second-order valence-corrected chi connectivity index (χ2v) is 4.54. The lowest BCUT2D eigenvalue weighted by atomic mass is 10.1. The first-order valence-electron chi connectivity index (χ1n) is 5.71. The average Bonchev–Trinajstić information content (AvgIpc) is 2.28. The Morgan fingerprint density at radius 2 is 2.12 bits per heavy atom. The van der Waals surface area contributed by atoms with Crippen molar-refractivity contribution in [2.24, 2.45) is 0 Å². The molecule has 90 valence electrons. The smallest absolute Gasteiger partial charge is 0.258 e. The standard InChI is InChI=1S/C13H17N3O/c1-9-5-4-6-10-12(9)14-11(15-13(10)17)7-8-16(2)3/h4-6H,7-8H2,1-3H3,(H,14,15,17). The topological polar surface area (TPSA) is 49.0 Å². The monoisotopic (exact) mass is 231 g/mol. The van der Waals surface area contributed by atoms with Crippen LogP contribution in [0.1, 0.15) is 11.4 Å². The molecule has 0 bridgehead atoms. The van der Waals surface area contributed by atoms with E-state index < -0.39 is 0 Å². The Morgan fingerprint density at radius 3 is 2.82 bits per heavy atom. The summed E-state index contributed by atoms with van der Waals surface area (Å²) in [7, 11) is 4.01. The van der Waals surface area contributed by atoms with Crippen molar-refractivity contribution in [3.8, 4) is 0 Å². The molecule has 2 rings (SSSR count). The molecule has 17 heavy (non-hydrogen) atoms. The van der Waals surface area contributed by atoms with Crippen molar-refractivity contribution in [3.63, 3.8) is 0 Å². The zero-order chi connectivity index (χ0) is 12.4. The molecule has 0 amide bonds. The third kappa shape index (κ3) is 2.53. The number of hydrogen-bond acceptors (Lipinski definition) is 3. The fraction of sp³-hybridized carbons (Fsp3) is 0.385. The van der Waals surface area contributed by atoms with Gasteiger partial charge < -0.3 is 9.88 Å². The van der Waals surface area contributed by atoms with Crippen LogP contribution >= 0.6 is 0 Å². The molecule has 1 aromatic carbocycles. The molecule has 1 N–H and O–H groups in total. The summed E-state index contributed by atoms with van der Waals surface area (Å²) in [6, 6.07) is 5.67. The molecule has 0 unspecified atom stereocenters. The molecule has 1 aromatic heterocycles. The van der Waals surface area contributed by atoms with Crippen molar-refractivity contribution < 1.29 is 0 Å². The Hall–Kier alpha value is -1.68. The minimum Gasteiger partial charge on any atom is -0.310 e. The van der Waals surface area contributed by atoms with Crippen LogP contribution in [0.5, 0.6) is 0 Å². The zero-order valence-corrected chi connectivity index (χ0v) is 10.4. The van der Waals surface area contributed by atoms with E-state index in [4.69, 9.17) is 0 Å². The highest BCUT2D eigenvalue weighted by Gasteiger charge is 2.05. The highest BCUT2D eigenvalue weighted by molar-refractivity contribution is 5.80. The van der Waals surface area contributed by atoms with Gasteiger partial charge in [-0.15, -0.1) is 0 Å². The normalized spacial score (nSPS) is 11.3. The third-order valence-electron chi connectivity index (χ3n) is 2.78. The van der Waals surface area contributed by atoms with Crippen molar-refractivity contribution in [3.05, 3.63) is 39.9 Å². The molecule has 2 aromatic rings. The van der Waals surface area contributed by atoms with Gasteiger partial charge in [0.2, 0.25) is 0 Å². The van der Waals surface area contributed by atoms with E-state index in [2.05, 4.69) is 14.9 Å². The quantitative estimate of drug-likeness (QED) is 0.867. The molecule has 4 heteroatoms. The molecule has 0 fully saturated rings. The predicted molar refractivity (Wildman–Crippen MR) is 69.4 cm³/mol. The Labute approximate surface area is 100 Å². The molecule has 0 aliphatic rings. The van der Waals surface area contributed by atoms with Gasteiger partial charge in [0.25, 0.3) is 5.56 Å². The van der Waals surface area contributed by atoms with E-state index in [1.807, 2.05) is 39.2 Å². The Bertz CT molecular complexity index is 587. The maximum Gasteiger partial charge on any atom is 0.258 e. The molecular formula is C13H17N3O. The van der Waals surface area contributed by atoms with Crippen molar-refractivity contribution in [1.82, 2.24) is 14.9 Å². The number of nitrogens with one attached hydrogen (secondary N) is 1. The van der Waals surface area contributed by atoms with E-state index in [0.29, 0.717) is 5.39 Å². The minimum atomic E-state index is -0.0487. The number of hydrogen-bond donors (Lipinski definition) is 1. The highest BCUT2D eigenvalue weighted by Crippen LogP contribution is 2.11. The number of aryl methyl sites for hydroxylation is 1. The summed E-state index contributed by atoms with van der Waals surface area (Å²) >= 11 is 0. The van der Waals surface area contributed by atoms with E-state index in [-0.39, 0.29) is 5.56 Å². The number of H-pyrrole nitrogens is 1. The number of aromatic nitrogens is 2. The number of benzene rings is 1. The maximum atomic E-state index is 11.9. The average molecular weight is 231 g/mol. The van der Waals surface area contributed by atoms with Crippen LogP contribution < -0.4 is 5.56 Å². The van der Waals surface area contributed by atoms with Crippen LogP contribution in [0, 0.1) is 6.92 Å². The fourth-order valence-electron chi connectivity index (χ4n) is 1.80. The van der Waals surface area contributed by atoms with Gasteiger partial charge in [-0.3, -0.25) is 4.79 Å². The summed E-state index contributed by atoms with van der Waals surface area (Å²) in [6.07, 6.45) is 0.756. The molecular weight excluding hydrogens is 214 g/mol. The number of rotatable bonds is 3. The fourth-order valence-corrected chi connectivity index (χ4v) is 1.80. The van der Waals surface area contributed by atoms with E-state index in [1.54, 1.807) is 0 Å². The van der Waals surface area contributed by atoms with Crippen molar-refractivity contribution in [2.45, 2.75) is 13.3 Å². The summed E-state index contributed by atoms with van der Waals surface area (Å²) in [6.45, 7) is 2.85. The number of aromatic amines is 1. The lowest BCUT2D eigenvalue weighted by Crippen LogP contribution is -2.19. The highest BCUT2D eigenvalue weighted by atomic mass is 16.1. The number of nitrogens with zero attached hydrogens (tertiary/aromatic N) is 2. The first kappa shape index (κ1) is 11.8. The van der Waals surface area contributed by atoms with Crippen molar-refractivity contribution >= 4 is 10.9 Å². The summed E-state index contributed by atoms with van der Waals surface area (Å²) in [5, 5.41) is 0.665. The molecule has 0 atom stereocenters. The summed E-state index contributed by atoms with van der Waals surface area (Å²) in [5.74, 6) is 0.755. The number of para-hydroxylation sites is 1. The molecule has 0 radical (unpaired) electrons. The predicted octanol–water partition coefficient (Wildman–Crippen LogP) is 1.34. The summed E-state index contributed by atoms with van der Waals surface area (Å²) in [5.41, 5.74) is 1.80. The second kappa shape index (κ2) is 4.67. The van der Waals surface area contributed by atoms with Gasteiger partial charge in [-0.2, -0.15) is 0 Å². The molecule has 0 aliphatic carbocycles. The molecule has 0 saturated carbocycles. The lowest BCUT2D eigenvalue weighted by molar-refractivity contribution is 0.409. The van der Waals surface area contributed by atoms with Gasteiger partial charge in [0.1, 0.15) is 5.82 Å². The second-order valence-electron chi connectivity index (χ2n) is 4.54. The molecule has 0 spiro atoms. The van der Waals surface area contributed by atoms with Crippen molar-refractivity contribution in [2.75, 3.05) is 20.6 Å². The van der Waals surface area contributed by atoms with Gasteiger partial charge in [-0.1, -0.05) is 12.1 Å². The SMILES string of the molecule is Cc1cccc2c(=O)[nH]c(CCN(C)C)nc12. The number of likely N-dealkylation sites (N-methyl/N-ethyl adjacent to an activating group) is 1. The third-order valence-corrected chi connectivity index (χ3v) is 2.78. The first-order valence-corrected chi connectivity index (χ1v) is 5.71. The Morgan fingerprint density at radius 1 is 1.35 bits per heavy atom. The van der Waals surface area contributed by atoms with Crippen LogP contribution in [0.15, 0.2) is 23.0 Å². The van der Waals surface area contributed by atoms with Crippen LogP contribution in [-0.2, 0) is 6.42 Å². The molecule has 0 saturated heterocycles. The van der Waals surface area contributed by atoms with E-state index in [0.717, 1.165) is 29.9 Å². The minimum absolute atomic E-state index is 0.0487. The van der Waals surface area contributed by atoms with Crippen LogP contribution in [-0.4, -0.2) is 35.5 Å². The number of fused-ring (bicyclic) bond motifs is 1. The molecule has 0 aliphatic heterocycles. The van der Waals surface area contributed by atoms with Gasteiger partial charge in [-0.05, 0) is 32.6 Å². The van der Waals surface area contributed by atoms with Crippen LogP contribution in [0.2, 0.25) is 0 Å². The van der Waals surface area contributed by atoms with Crippen LogP contribution in [0.3, 0.4) is 0 Å². The largest absolute Gasteiger partial charge is 0.310 e. The maximum absolute atomic E-state index is 11.9. The van der Waals surface area contributed by atoms with Gasteiger partial charge in [0, 0.05) is 13.0 Å². The first-order chi connectivity index (χ1) is 8.08. The van der Waals surface area contributed by atoms with E-state index >= 15 is 0 Å². The van der Waals surface area contributed by atoms with Gasteiger partial charge in [0.05, 0.1) is 10.9 Å². The summed E-state index contributed by atoms with van der Waals surface area (Å²) < 4.78 is 0. The molecule has 4 nitrogen and oxygen atoms in total. The van der Waals surface area contributed by atoms with Crippen LogP contribution in [0.25, 0.3) is 10.9 Å². The Kier molecular flexibility index (Phi) is 3.24. The van der Waals surface area contributed by atoms with E-state index in [9.17, 15) is 4.79 Å².